The van der Waals surface area contributed by atoms with Gasteiger partial charge in [0.25, 0.3) is 0 Å². The number of alkyl halides is 3. The van der Waals surface area contributed by atoms with Crippen LogP contribution in [0.5, 0.6) is 5.75 Å². The van der Waals surface area contributed by atoms with Crippen molar-refractivity contribution in [1.29, 1.82) is 5.26 Å². The number of nitriles is 1. The summed E-state index contributed by atoms with van der Waals surface area (Å²) < 4.78 is 43.1. The molecule has 1 aromatic heterocycles. The van der Waals surface area contributed by atoms with Gasteiger partial charge in [0.2, 0.25) is 5.95 Å². The third-order valence-electron chi connectivity index (χ3n) is 10.6. The molecule has 0 amide bonds. The average molecular weight is 613 g/mol. The number of benzene rings is 1. The van der Waals surface area contributed by atoms with Gasteiger partial charge in [-0.1, -0.05) is 18.2 Å². The summed E-state index contributed by atoms with van der Waals surface area (Å²) in [4.78, 5) is 8.85. The lowest BCUT2D eigenvalue weighted by atomic mass is 9.48. The summed E-state index contributed by atoms with van der Waals surface area (Å²) in [6.07, 6.45) is 7.12. The third kappa shape index (κ3) is 7.23. The molecule has 0 radical (unpaired) electrons. The molecule has 5 atom stereocenters. The number of rotatable bonds is 11. The first-order valence-corrected chi connectivity index (χ1v) is 16.0. The summed E-state index contributed by atoms with van der Waals surface area (Å²) in [5, 5.41) is 30.6. The van der Waals surface area contributed by atoms with E-state index in [4.69, 9.17) is 4.74 Å². The van der Waals surface area contributed by atoms with E-state index >= 15 is 0 Å². The molecule has 5 fully saturated rings. The van der Waals surface area contributed by atoms with E-state index in [1.165, 1.54) is 31.5 Å². The second-order valence-electron chi connectivity index (χ2n) is 14.1. The van der Waals surface area contributed by atoms with Gasteiger partial charge in [-0.15, -0.1) is 0 Å². The van der Waals surface area contributed by atoms with Crippen molar-refractivity contribution in [2.75, 3.05) is 30.3 Å². The number of para-hydroxylation sites is 1. The predicted molar refractivity (Wildman–Crippen MR) is 161 cm³/mol. The lowest BCUT2D eigenvalue weighted by Crippen LogP contribution is -2.60. The van der Waals surface area contributed by atoms with Gasteiger partial charge in [-0.2, -0.15) is 23.4 Å². The Kier molecular flexibility index (Phi) is 8.68. The van der Waals surface area contributed by atoms with Gasteiger partial charge in [-0.05, 0) is 106 Å². The Morgan fingerprint density at radius 2 is 1.82 bits per heavy atom. The molecule has 5 aliphatic carbocycles. The molecule has 1 heterocycles. The van der Waals surface area contributed by atoms with Crippen LogP contribution in [-0.4, -0.2) is 52.6 Å². The summed E-state index contributed by atoms with van der Waals surface area (Å²) >= 11 is 0. The Morgan fingerprint density at radius 1 is 1.09 bits per heavy atom. The van der Waals surface area contributed by atoms with E-state index in [2.05, 4.69) is 32.0 Å². The highest BCUT2D eigenvalue weighted by atomic mass is 19.4. The molecule has 238 valence electrons. The number of aliphatic hydroxyl groups is 1. The lowest BCUT2D eigenvalue weighted by Gasteiger charge is -2.60. The Morgan fingerprint density at radius 3 is 2.52 bits per heavy atom. The molecule has 5 saturated carbocycles. The minimum atomic E-state index is -4.43. The number of nitrogens with zero attached hydrogens (tertiary/aromatic N) is 3. The van der Waals surface area contributed by atoms with E-state index in [0.29, 0.717) is 40.7 Å². The second kappa shape index (κ2) is 12.4. The van der Waals surface area contributed by atoms with E-state index in [9.17, 15) is 23.5 Å². The Bertz CT molecular complexity index is 1340. The molecular weight excluding hydrogens is 569 g/mol. The Labute approximate surface area is 257 Å². The molecular formula is C33H43F3N6O2. The largest absolute Gasteiger partial charge is 0.484 e. The summed E-state index contributed by atoms with van der Waals surface area (Å²) in [7, 11) is 0. The molecule has 1 unspecified atom stereocenters. The molecule has 11 heteroatoms. The molecule has 0 spiro atoms. The summed E-state index contributed by atoms with van der Waals surface area (Å²) in [6, 6.07) is 9.30. The summed E-state index contributed by atoms with van der Waals surface area (Å²) in [5.74, 6) is 3.62. The zero-order valence-electron chi connectivity index (χ0n) is 25.3. The maximum absolute atomic E-state index is 12.7. The van der Waals surface area contributed by atoms with Crippen LogP contribution in [0.1, 0.15) is 75.8 Å². The van der Waals surface area contributed by atoms with Gasteiger partial charge in [-0.3, -0.25) is 0 Å². The van der Waals surface area contributed by atoms with Crippen LogP contribution in [0, 0.1) is 40.4 Å². The van der Waals surface area contributed by atoms with Crippen molar-refractivity contribution in [2.45, 2.75) is 89.1 Å². The van der Waals surface area contributed by atoms with Crippen molar-refractivity contribution in [2.24, 2.45) is 29.1 Å². The van der Waals surface area contributed by atoms with E-state index in [1.807, 2.05) is 6.92 Å². The number of hydrogen-bond acceptors (Lipinski definition) is 8. The minimum Gasteiger partial charge on any atom is -0.484 e. The highest BCUT2D eigenvalue weighted by Crippen LogP contribution is 2.60. The molecule has 44 heavy (non-hydrogen) atoms. The van der Waals surface area contributed by atoms with Gasteiger partial charge in [-0.25, -0.2) is 4.98 Å². The van der Waals surface area contributed by atoms with E-state index in [0.717, 1.165) is 57.5 Å². The van der Waals surface area contributed by atoms with E-state index in [1.54, 1.807) is 18.2 Å². The zero-order valence-corrected chi connectivity index (χ0v) is 25.3. The van der Waals surface area contributed by atoms with Crippen molar-refractivity contribution >= 4 is 11.8 Å². The first-order chi connectivity index (χ1) is 21.0. The highest BCUT2D eigenvalue weighted by Gasteiger charge is 2.55. The SMILES string of the molecule is C[C@]1(O)CC[C@H](CN[C@@H]2[C@@H]3CC4C[C@H]2C[C@@](CNc2nc(NCc5ccccc5OCC(F)(F)F)ncc2C#N)(C4)C3)CC1. The van der Waals surface area contributed by atoms with Crippen LogP contribution < -0.4 is 20.7 Å². The van der Waals surface area contributed by atoms with Gasteiger partial charge in [0.05, 0.1) is 11.8 Å². The molecule has 0 saturated heterocycles. The summed E-state index contributed by atoms with van der Waals surface area (Å²) in [5.41, 5.74) is 0.592. The highest BCUT2D eigenvalue weighted by molar-refractivity contribution is 5.53. The van der Waals surface area contributed by atoms with Crippen LogP contribution in [0.2, 0.25) is 0 Å². The van der Waals surface area contributed by atoms with Crippen LogP contribution in [-0.2, 0) is 6.54 Å². The fourth-order valence-electron chi connectivity index (χ4n) is 8.63. The molecule has 0 aliphatic heterocycles. The van der Waals surface area contributed by atoms with Crippen molar-refractivity contribution in [3.8, 4) is 11.8 Å². The summed E-state index contributed by atoms with van der Waals surface area (Å²) in [6.45, 7) is 2.56. The first kappa shape index (κ1) is 30.9. The number of nitrogens with one attached hydrogen (secondary N) is 3. The Balaban J connectivity index is 1.06. The quantitative estimate of drug-likeness (QED) is 0.243. The van der Waals surface area contributed by atoms with Crippen LogP contribution in [0.25, 0.3) is 0 Å². The van der Waals surface area contributed by atoms with Gasteiger partial charge >= 0.3 is 6.18 Å². The fraction of sp³-hybridized carbons (Fsp3) is 0.667. The van der Waals surface area contributed by atoms with Crippen LogP contribution in [0.15, 0.2) is 30.5 Å². The first-order valence-electron chi connectivity index (χ1n) is 16.0. The standard InChI is InChI=1S/C33H43F3N6O2/c1-31(43)8-6-21(7-9-31)16-38-28-24-10-22-11-25(28)14-32(12-22,13-24)19-41-29-26(15-37)18-40-30(42-29)39-17-23-4-2-3-5-27(23)44-20-33(34,35)36/h2-5,18,21-22,24-25,28,38,43H,6-14,16-17,19-20H2,1H3,(H2,39,40,41,42)/t21-,22?,24-,25+,28-,31-,32-. The average Bonchev–Trinajstić information content (AvgIpc) is 2.98. The topological polar surface area (TPSA) is 115 Å². The van der Waals surface area contributed by atoms with Gasteiger partial charge in [0.15, 0.2) is 6.61 Å². The number of ether oxygens (including phenoxy) is 1. The van der Waals surface area contributed by atoms with E-state index < -0.39 is 18.4 Å². The van der Waals surface area contributed by atoms with Gasteiger partial charge < -0.3 is 25.8 Å². The third-order valence-corrected chi connectivity index (χ3v) is 10.6. The number of anilines is 2. The zero-order chi connectivity index (χ0) is 31.0. The number of aromatic nitrogens is 2. The van der Waals surface area contributed by atoms with Crippen molar-refractivity contribution in [3.63, 3.8) is 0 Å². The predicted octanol–water partition coefficient (Wildman–Crippen LogP) is 6.04. The molecule has 1 aromatic carbocycles. The number of hydrogen-bond donors (Lipinski definition) is 4. The monoisotopic (exact) mass is 612 g/mol. The van der Waals surface area contributed by atoms with E-state index in [-0.39, 0.29) is 23.7 Å². The molecule has 8 nitrogen and oxygen atoms in total. The van der Waals surface area contributed by atoms with Gasteiger partial charge in [0.1, 0.15) is 23.2 Å². The van der Waals surface area contributed by atoms with Crippen LogP contribution in [0.4, 0.5) is 24.9 Å². The van der Waals surface area contributed by atoms with Crippen molar-refractivity contribution < 1.29 is 23.0 Å². The molecule has 5 aliphatic rings. The fourth-order valence-corrected chi connectivity index (χ4v) is 8.63. The Hall–Kier alpha value is -3.10. The molecule has 4 bridgehead atoms. The smallest absolute Gasteiger partial charge is 0.422 e. The molecule has 7 rings (SSSR count). The number of halogens is 3. The lowest BCUT2D eigenvalue weighted by molar-refractivity contribution is -0.153. The van der Waals surface area contributed by atoms with Crippen LogP contribution >= 0.6 is 0 Å². The van der Waals surface area contributed by atoms with Gasteiger partial charge in [0, 0.05) is 24.7 Å². The second-order valence-corrected chi connectivity index (χ2v) is 14.1. The van der Waals surface area contributed by atoms with Crippen LogP contribution in [0.3, 0.4) is 0 Å². The minimum absolute atomic E-state index is 0.144. The molecule has 2 aromatic rings. The van der Waals surface area contributed by atoms with Crippen molar-refractivity contribution in [3.05, 3.63) is 41.6 Å². The normalized spacial score (nSPS) is 32.7. The maximum atomic E-state index is 12.7. The van der Waals surface area contributed by atoms with Crippen molar-refractivity contribution in [1.82, 2.24) is 15.3 Å². The molecule has 4 N–H and O–H groups in total. The maximum Gasteiger partial charge on any atom is 0.422 e.